The molecular formula is C24H21N5O3S2. The van der Waals surface area contributed by atoms with Crippen molar-refractivity contribution in [2.45, 2.75) is 31.6 Å². The van der Waals surface area contributed by atoms with Crippen molar-refractivity contribution in [1.29, 1.82) is 5.26 Å². The fourth-order valence-corrected chi connectivity index (χ4v) is 4.92. The molecule has 0 saturated heterocycles. The van der Waals surface area contributed by atoms with E-state index in [2.05, 4.69) is 51.9 Å². The SMILES string of the molecule is Cc1cc(NS(=O)(=O)c2ccc(N=CC(C#N)c3nc(-c4ccc(C)c(C)c4)cs3)cc2)no1. The topological polar surface area (TPSA) is 121 Å². The second-order valence-electron chi connectivity index (χ2n) is 7.68. The molecule has 1 N–H and O–H groups in total. The number of nitrogens with zero attached hydrogens (tertiary/aromatic N) is 4. The van der Waals surface area contributed by atoms with Gasteiger partial charge in [-0.2, -0.15) is 5.26 Å². The predicted octanol–water partition coefficient (Wildman–Crippen LogP) is 5.53. The fraction of sp³-hybridized carbons (Fsp3) is 0.167. The van der Waals surface area contributed by atoms with Gasteiger partial charge in [-0.3, -0.25) is 9.71 Å². The highest BCUT2D eigenvalue weighted by Crippen LogP contribution is 2.28. The Labute approximate surface area is 201 Å². The first-order chi connectivity index (χ1) is 16.2. The second kappa shape index (κ2) is 9.59. The van der Waals surface area contributed by atoms with E-state index in [-0.39, 0.29) is 10.7 Å². The van der Waals surface area contributed by atoms with Crippen LogP contribution in [0.2, 0.25) is 0 Å². The number of aryl methyl sites for hydroxylation is 3. The van der Waals surface area contributed by atoms with Gasteiger partial charge >= 0.3 is 0 Å². The van der Waals surface area contributed by atoms with Crippen LogP contribution in [-0.2, 0) is 10.0 Å². The molecule has 172 valence electrons. The van der Waals surface area contributed by atoms with Crippen LogP contribution in [0.3, 0.4) is 0 Å². The van der Waals surface area contributed by atoms with Crippen LogP contribution >= 0.6 is 11.3 Å². The molecule has 0 aliphatic rings. The van der Waals surface area contributed by atoms with Gasteiger partial charge in [-0.1, -0.05) is 17.3 Å². The number of thiazole rings is 1. The summed E-state index contributed by atoms with van der Waals surface area (Å²) in [5.74, 6) is -0.0124. The van der Waals surface area contributed by atoms with Crippen molar-refractivity contribution in [1.82, 2.24) is 10.1 Å². The molecule has 4 aromatic rings. The van der Waals surface area contributed by atoms with Crippen LogP contribution < -0.4 is 4.72 Å². The van der Waals surface area contributed by atoms with Crippen LogP contribution in [0.15, 0.2) is 68.3 Å². The Morgan fingerprint density at radius 1 is 1.12 bits per heavy atom. The molecule has 0 saturated carbocycles. The van der Waals surface area contributed by atoms with Crippen molar-refractivity contribution >= 4 is 39.1 Å². The van der Waals surface area contributed by atoms with Gasteiger partial charge in [0, 0.05) is 23.2 Å². The van der Waals surface area contributed by atoms with Gasteiger partial charge < -0.3 is 4.52 Å². The molecule has 2 heterocycles. The third-order valence-electron chi connectivity index (χ3n) is 5.12. The smallest absolute Gasteiger partial charge is 0.263 e. The number of sulfonamides is 1. The fourth-order valence-electron chi connectivity index (χ4n) is 3.10. The average molecular weight is 492 g/mol. The maximum Gasteiger partial charge on any atom is 0.263 e. The quantitative estimate of drug-likeness (QED) is 0.339. The van der Waals surface area contributed by atoms with Crippen LogP contribution in [0, 0.1) is 32.1 Å². The zero-order valence-electron chi connectivity index (χ0n) is 18.7. The minimum absolute atomic E-state index is 0.0573. The van der Waals surface area contributed by atoms with Crippen molar-refractivity contribution in [3.63, 3.8) is 0 Å². The minimum Gasteiger partial charge on any atom is -0.360 e. The lowest BCUT2D eigenvalue weighted by molar-refractivity contribution is 0.400. The van der Waals surface area contributed by atoms with Gasteiger partial charge in [0.2, 0.25) is 0 Å². The molecule has 2 aromatic heterocycles. The number of nitrogens with one attached hydrogen (secondary N) is 1. The number of hydrogen-bond acceptors (Lipinski definition) is 8. The summed E-state index contributed by atoms with van der Waals surface area (Å²) in [6, 6.07) is 15.9. The second-order valence-corrected chi connectivity index (χ2v) is 10.2. The number of anilines is 1. The van der Waals surface area contributed by atoms with Crippen molar-refractivity contribution in [2.24, 2.45) is 4.99 Å². The van der Waals surface area contributed by atoms with Crippen molar-refractivity contribution in [2.75, 3.05) is 4.72 Å². The largest absolute Gasteiger partial charge is 0.360 e. The summed E-state index contributed by atoms with van der Waals surface area (Å²) in [4.78, 5) is 9.03. The van der Waals surface area contributed by atoms with E-state index in [4.69, 9.17) is 4.52 Å². The first kappa shape index (κ1) is 23.4. The van der Waals surface area contributed by atoms with E-state index in [1.54, 1.807) is 19.1 Å². The molecule has 8 nitrogen and oxygen atoms in total. The van der Waals surface area contributed by atoms with Crippen LogP contribution in [-0.4, -0.2) is 24.8 Å². The number of rotatable bonds is 7. The number of benzene rings is 2. The summed E-state index contributed by atoms with van der Waals surface area (Å²) in [7, 11) is -3.81. The molecule has 0 amide bonds. The van der Waals surface area contributed by atoms with Gasteiger partial charge in [0.15, 0.2) is 5.82 Å². The number of nitriles is 1. The van der Waals surface area contributed by atoms with E-state index < -0.39 is 15.9 Å². The summed E-state index contributed by atoms with van der Waals surface area (Å²) in [6.07, 6.45) is 1.52. The zero-order valence-corrected chi connectivity index (χ0v) is 20.3. The lowest BCUT2D eigenvalue weighted by atomic mass is 10.0. The van der Waals surface area contributed by atoms with Crippen molar-refractivity contribution in [3.05, 3.63) is 75.8 Å². The Morgan fingerprint density at radius 2 is 1.88 bits per heavy atom. The third kappa shape index (κ3) is 5.22. The molecule has 0 bridgehead atoms. The number of aliphatic imine (C=N–C) groups is 1. The molecule has 0 radical (unpaired) electrons. The highest BCUT2D eigenvalue weighted by atomic mass is 32.2. The third-order valence-corrected chi connectivity index (χ3v) is 7.41. The maximum absolute atomic E-state index is 12.5. The average Bonchev–Trinajstić information content (AvgIpc) is 3.45. The maximum atomic E-state index is 12.5. The molecule has 1 atom stereocenters. The molecule has 0 aliphatic carbocycles. The van der Waals surface area contributed by atoms with Gasteiger partial charge in [-0.05, 0) is 62.2 Å². The summed E-state index contributed by atoms with van der Waals surface area (Å²) in [5, 5.41) is 15.8. The first-order valence-electron chi connectivity index (χ1n) is 10.3. The molecule has 1 unspecified atom stereocenters. The van der Waals surface area contributed by atoms with Gasteiger partial charge in [-0.25, -0.2) is 13.4 Å². The standard InChI is InChI=1S/C24H21N5O3S2/c1-15-4-5-18(10-16(15)2)22-14-33-24(27-22)19(12-25)13-26-20-6-8-21(9-7-20)34(30,31)29-23-11-17(3)32-28-23/h4-11,13-14,19H,1-3H3,(H,28,29). The molecule has 10 heteroatoms. The van der Waals surface area contributed by atoms with Gasteiger partial charge in [0.1, 0.15) is 16.7 Å². The Morgan fingerprint density at radius 3 is 2.53 bits per heavy atom. The minimum atomic E-state index is -3.81. The van der Waals surface area contributed by atoms with E-state index in [9.17, 15) is 13.7 Å². The van der Waals surface area contributed by atoms with E-state index in [0.29, 0.717) is 16.5 Å². The summed E-state index contributed by atoms with van der Waals surface area (Å²) in [5.41, 5.74) is 4.74. The van der Waals surface area contributed by atoms with Gasteiger partial charge in [0.25, 0.3) is 10.0 Å². The van der Waals surface area contributed by atoms with Gasteiger partial charge in [0.05, 0.1) is 22.3 Å². The van der Waals surface area contributed by atoms with Crippen LogP contribution in [0.1, 0.15) is 27.8 Å². The molecule has 0 fully saturated rings. The first-order valence-corrected chi connectivity index (χ1v) is 12.6. The van der Waals surface area contributed by atoms with E-state index in [1.807, 2.05) is 11.4 Å². The molecule has 0 spiro atoms. The molecule has 4 rings (SSSR count). The van der Waals surface area contributed by atoms with Crippen LogP contribution in [0.5, 0.6) is 0 Å². The lowest BCUT2D eigenvalue weighted by Crippen LogP contribution is -2.12. The van der Waals surface area contributed by atoms with Crippen LogP contribution in [0.25, 0.3) is 11.3 Å². The molecule has 0 aliphatic heterocycles. The highest BCUT2D eigenvalue weighted by molar-refractivity contribution is 7.92. The summed E-state index contributed by atoms with van der Waals surface area (Å²) >= 11 is 1.40. The monoisotopic (exact) mass is 491 g/mol. The van der Waals surface area contributed by atoms with Crippen molar-refractivity contribution in [3.8, 4) is 17.3 Å². The van der Waals surface area contributed by atoms with E-state index in [0.717, 1.165) is 11.3 Å². The zero-order chi connectivity index (χ0) is 24.3. The molecular weight excluding hydrogens is 470 g/mol. The Kier molecular flexibility index (Phi) is 6.58. The number of hydrogen-bond donors (Lipinski definition) is 1. The molecule has 34 heavy (non-hydrogen) atoms. The lowest BCUT2D eigenvalue weighted by Gasteiger charge is -2.05. The normalized spacial score (nSPS) is 12.5. The highest BCUT2D eigenvalue weighted by Gasteiger charge is 2.17. The van der Waals surface area contributed by atoms with E-state index in [1.165, 1.54) is 46.9 Å². The van der Waals surface area contributed by atoms with Crippen LogP contribution in [0.4, 0.5) is 11.5 Å². The van der Waals surface area contributed by atoms with Crippen molar-refractivity contribution < 1.29 is 12.9 Å². The Hall–Kier alpha value is -3.81. The predicted molar refractivity (Wildman–Crippen MR) is 132 cm³/mol. The summed E-state index contributed by atoms with van der Waals surface area (Å²) in [6.45, 7) is 5.78. The number of aromatic nitrogens is 2. The van der Waals surface area contributed by atoms with E-state index >= 15 is 0 Å². The Balaban J connectivity index is 1.47. The Bertz CT molecular complexity index is 1500. The summed E-state index contributed by atoms with van der Waals surface area (Å²) < 4.78 is 32.2. The molecule has 2 aromatic carbocycles. The van der Waals surface area contributed by atoms with Gasteiger partial charge in [-0.15, -0.1) is 11.3 Å².